The first kappa shape index (κ1) is 16.9. The van der Waals surface area contributed by atoms with E-state index in [4.69, 9.17) is 5.73 Å². The Bertz CT molecular complexity index is 423. The van der Waals surface area contributed by atoms with Crippen LogP contribution in [-0.4, -0.2) is 34.8 Å². The summed E-state index contributed by atoms with van der Waals surface area (Å²) in [5.41, 5.74) is 7.63. The van der Waals surface area contributed by atoms with Gasteiger partial charge in [0, 0.05) is 28.3 Å². The minimum Gasteiger partial charge on any atom is -0.329 e. The van der Waals surface area contributed by atoms with Crippen molar-refractivity contribution in [3.63, 3.8) is 0 Å². The van der Waals surface area contributed by atoms with Crippen LogP contribution < -0.4 is 5.73 Å². The van der Waals surface area contributed by atoms with E-state index in [1.807, 2.05) is 11.8 Å². The molecule has 2 N–H and O–H groups in total. The van der Waals surface area contributed by atoms with E-state index >= 15 is 0 Å². The van der Waals surface area contributed by atoms with Crippen LogP contribution in [0.5, 0.6) is 0 Å². The van der Waals surface area contributed by atoms with E-state index in [0.29, 0.717) is 12.1 Å². The molecule has 21 heavy (non-hydrogen) atoms. The van der Waals surface area contributed by atoms with E-state index in [2.05, 4.69) is 56.9 Å². The third kappa shape index (κ3) is 4.02. The molecule has 1 aromatic rings. The second-order valence-electron chi connectivity index (χ2n) is 6.80. The maximum Gasteiger partial charge on any atom is 0.0370 e. The highest BCUT2D eigenvalue weighted by atomic mass is 32.2. The molecule has 1 atom stereocenters. The molecule has 0 aliphatic carbocycles. The molecule has 0 bridgehead atoms. The summed E-state index contributed by atoms with van der Waals surface area (Å²) in [4.78, 5) is 4.02. The Morgan fingerprint density at radius 1 is 1.19 bits per heavy atom. The molecule has 0 radical (unpaired) electrons. The highest BCUT2D eigenvalue weighted by Gasteiger charge is 2.36. The summed E-state index contributed by atoms with van der Waals surface area (Å²) >= 11 is 2.01. The molecule has 0 spiro atoms. The van der Waals surface area contributed by atoms with E-state index in [0.717, 1.165) is 13.0 Å². The van der Waals surface area contributed by atoms with Crippen LogP contribution in [-0.2, 0) is 6.42 Å². The quantitative estimate of drug-likeness (QED) is 0.827. The van der Waals surface area contributed by atoms with Gasteiger partial charge in [0.1, 0.15) is 0 Å². The van der Waals surface area contributed by atoms with Crippen LogP contribution in [0.2, 0.25) is 0 Å². The van der Waals surface area contributed by atoms with Crippen molar-refractivity contribution >= 4 is 11.8 Å². The molecule has 1 unspecified atom stereocenters. The van der Waals surface area contributed by atoms with Gasteiger partial charge in [-0.2, -0.15) is 0 Å². The number of hydrogen-bond donors (Lipinski definition) is 1. The number of benzene rings is 1. The Labute approximate surface area is 134 Å². The van der Waals surface area contributed by atoms with Crippen LogP contribution in [0.15, 0.2) is 29.2 Å². The molecule has 0 amide bonds. The van der Waals surface area contributed by atoms with Crippen molar-refractivity contribution in [3.8, 4) is 0 Å². The predicted octanol–water partition coefficient (Wildman–Crippen LogP) is 3.93. The normalized spacial score (nSPS) is 21.5. The monoisotopic (exact) mass is 306 g/mol. The summed E-state index contributed by atoms with van der Waals surface area (Å²) in [6, 6.07) is 10.0. The lowest BCUT2D eigenvalue weighted by Crippen LogP contribution is -2.39. The number of hydrogen-bond acceptors (Lipinski definition) is 3. The third-order valence-electron chi connectivity index (χ3n) is 4.56. The molecular weight excluding hydrogens is 276 g/mol. The molecule has 1 heterocycles. The van der Waals surface area contributed by atoms with Gasteiger partial charge in [0.25, 0.3) is 0 Å². The summed E-state index contributed by atoms with van der Waals surface area (Å²) in [6.07, 6.45) is 3.57. The maximum atomic E-state index is 6.15. The average molecular weight is 307 g/mol. The van der Waals surface area contributed by atoms with Crippen molar-refractivity contribution < 1.29 is 0 Å². The Kier molecular flexibility index (Phi) is 5.75. The Morgan fingerprint density at radius 3 is 2.43 bits per heavy atom. The lowest BCUT2D eigenvalue weighted by Gasteiger charge is -2.32. The van der Waals surface area contributed by atoms with Gasteiger partial charge >= 0.3 is 0 Å². The summed E-state index contributed by atoms with van der Waals surface area (Å²) in [7, 11) is 0. The van der Waals surface area contributed by atoms with Crippen LogP contribution in [0.4, 0.5) is 0 Å². The minimum atomic E-state index is 0.226. The SMILES string of the molecule is CC(C)N(CCCC1(CN)Cc2ccccc2S1)C(C)C. The van der Waals surface area contributed by atoms with Gasteiger partial charge in [-0.25, -0.2) is 0 Å². The van der Waals surface area contributed by atoms with E-state index in [9.17, 15) is 0 Å². The van der Waals surface area contributed by atoms with Crippen LogP contribution in [0.3, 0.4) is 0 Å². The highest BCUT2D eigenvalue weighted by Crippen LogP contribution is 2.47. The Balaban J connectivity index is 1.93. The molecule has 0 aromatic heterocycles. The average Bonchev–Trinajstić information content (AvgIpc) is 2.81. The van der Waals surface area contributed by atoms with Crippen molar-refractivity contribution in [2.24, 2.45) is 5.73 Å². The van der Waals surface area contributed by atoms with E-state index < -0.39 is 0 Å². The number of thioether (sulfide) groups is 1. The number of nitrogens with zero attached hydrogens (tertiary/aromatic N) is 1. The smallest absolute Gasteiger partial charge is 0.0370 e. The third-order valence-corrected chi connectivity index (χ3v) is 6.13. The highest BCUT2D eigenvalue weighted by molar-refractivity contribution is 8.01. The minimum absolute atomic E-state index is 0.226. The van der Waals surface area contributed by atoms with Gasteiger partial charge in [0.2, 0.25) is 0 Å². The van der Waals surface area contributed by atoms with E-state index in [1.165, 1.54) is 29.8 Å². The molecule has 0 saturated carbocycles. The molecule has 1 aliphatic rings. The van der Waals surface area contributed by atoms with Gasteiger partial charge in [-0.3, -0.25) is 4.90 Å². The van der Waals surface area contributed by atoms with Crippen LogP contribution in [0, 0.1) is 0 Å². The first-order valence-corrected chi connectivity index (χ1v) is 9.02. The molecule has 2 rings (SSSR count). The molecule has 2 nitrogen and oxygen atoms in total. The van der Waals surface area contributed by atoms with Crippen LogP contribution >= 0.6 is 11.8 Å². The number of rotatable bonds is 7. The lowest BCUT2D eigenvalue weighted by atomic mass is 9.94. The number of fused-ring (bicyclic) bond motifs is 1. The van der Waals surface area contributed by atoms with Crippen molar-refractivity contribution in [2.45, 2.75) is 68.7 Å². The van der Waals surface area contributed by atoms with Gasteiger partial charge in [-0.1, -0.05) is 18.2 Å². The Morgan fingerprint density at radius 2 is 1.86 bits per heavy atom. The van der Waals surface area contributed by atoms with Gasteiger partial charge in [-0.15, -0.1) is 11.8 Å². The topological polar surface area (TPSA) is 29.3 Å². The summed E-state index contributed by atoms with van der Waals surface area (Å²) < 4.78 is 0.226. The molecule has 0 fully saturated rings. The molecule has 118 valence electrons. The molecule has 3 heteroatoms. The summed E-state index contributed by atoms with van der Waals surface area (Å²) in [5, 5.41) is 0. The van der Waals surface area contributed by atoms with Crippen LogP contribution in [0.1, 0.15) is 46.1 Å². The zero-order valence-electron chi connectivity index (χ0n) is 13.9. The van der Waals surface area contributed by atoms with Crippen molar-refractivity contribution in [1.82, 2.24) is 4.90 Å². The fourth-order valence-electron chi connectivity index (χ4n) is 3.42. The zero-order valence-corrected chi connectivity index (χ0v) is 14.7. The van der Waals surface area contributed by atoms with E-state index in [-0.39, 0.29) is 4.75 Å². The summed E-state index contributed by atoms with van der Waals surface area (Å²) in [6.45, 7) is 11.1. The van der Waals surface area contributed by atoms with Crippen molar-refractivity contribution in [3.05, 3.63) is 29.8 Å². The van der Waals surface area contributed by atoms with Gasteiger partial charge < -0.3 is 5.73 Å². The fraction of sp³-hybridized carbons (Fsp3) is 0.667. The largest absolute Gasteiger partial charge is 0.329 e. The second-order valence-corrected chi connectivity index (χ2v) is 8.31. The van der Waals surface area contributed by atoms with Crippen LogP contribution in [0.25, 0.3) is 0 Å². The standard InChI is InChI=1S/C18H30N2S/c1-14(2)20(15(3)4)11-7-10-18(13-19)12-16-8-5-6-9-17(16)21-18/h5-6,8-9,14-15H,7,10-13,19H2,1-4H3. The summed E-state index contributed by atoms with van der Waals surface area (Å²) in [5.74, 6) is 0. The fourth-order valence-corrected chi connectivity index (χ4v) is 4.86. The lowest BCUT2D eigenvalue weighted by molar-refractivity contribution is 0.169. The first-order valence-electron chi connectivity index (χ1n) is 8.20. The number of nitrogens with two attached hydrogens (primary N) is 1. The molecular formula is C18H30N2S. The maximum absolute atomic E-state index is 6.15. The molecule has 0 saturated heterocycles. The second kappa shape index (κ2) is 7.17. The van der Waals surface area contributed by atoms with Gasteiger partial charge in [0.15, 0.2) is 0 Å². The Hall–Kier alpha value is -0.510. The predicted molar refractivity (Wildman–Crippen MR) is 94.0 cm³/mol. The zero-order chi connectivity index (χ0) is 15.5. The molecule has 1 aliphatic heterocycles. The van der Waals surface area contributed by atoms with Crippen molar-refractivity contribution in [2.75, 3.05) is 13.1 Å². The van der Waals surface area contributed by atoms with E-state index in [1.54, 1.807) is 0 Å². The van der Waals surface area contributed by atoms with Gasteiger partial charge in [-0.05, 0) is 65.1 Å². The van der Waals surface area contributed by atoms with Crippen molar-refractivity contribution in [1.29, 1.82) is 0 Å². The first-order chi connectivity index (χ1) is 9.97. The van der Waals surface area contributed by atoms with Gasteiger partial charge in [0.05, 0.1) is 0 Å². The molecule has 1 aromatic carbocycles.